The molecule has 0 saturated carbocycles. The maximum atomic E-state index is 11.9. The number of rotatable bonds is 12. The predicted molar refractivity (Wildman–Crippen MR) is 98.4 cm³/mol. The van der Waals surface area contributed by atoms with Gasteiger partial charge in [-0.15, -0.1) is 0 Å². The molecule has 126 valence electrons. The Kier molecular flexibility index (Phi) is 11.1. The number of carbonyl (C=O) groups is 1. The third-order valence-electron chi connectivity index (χ3n) is 3.81. The summed E-state index contributed by atoms with van der Waals surface area (Å²) in [6.45, 7) is 2.24. The summed E-state index contributed by atoms with van der Waals surface area (Å²) in [6.07, 6.45) is 11.9. The number of thioether (sulfide) groups is 1. The van der Waals surface area contributed by atoms with E-state index >= 15 is 0 Å². The van der Waals surface area contributed by atoms with Crippen LogP contribution >= 0.6 is 11.8 Å². The average Bonchev–Trinajstić information content (AvgIpc) is 2.55. The van der Waals surface area contributed by atoms with E-state index in [-0.39, 0.29) is 5.91 Å². The molecule has 1 amide bonds. The monoisotopic (exact) mass is 332 g/mol. The first kappa shape index (κ1) is 19.6. The number of anilines is 1. The molecule has 1 N–H and O–H groups in total. The largest absolute Gasteiger partial charge is 0.326 e. The number of unbranched alkanes of at least 4 members (excludes halogenated alkanes) is 8. The maximum Gasteiger partial charge on any atom is 0.224 e. The molecular weight excluding hydrogens is 304 g/mol. The van der Waals surface area contributed by atoms with E-state index in [0.29, 0.717) is 6.42 Å². The summed E-state index contributed by atoms with van der Waals surface area (Å²) >= 11 is 1.12. The number of nitrogens with one attached hydrogen (secondary N) is 1. The molecule has 0 saturated heterocycles. The standard InChI is InChI=1S/C19H28N2OS/c1-2-3-4-5-6-7-8-9-10-11-19(22)21-17-12-14-18(15-13-17)23-16-20/h12-15H,2-11H2,1H3,(H,21,22). The molecule has 0 atom stereocenters. The number of hydrogen-bond donors (Lipinski definition) is 1. The van der Waals surface area contributed by atoms with E-state index in [1.165, 1.54) is 44.9 Å². The highest BCUT2D eigenvalue weighted by Crippen LogP contribution is 2.19. The number of carbonyl (C=O) groups excluding carboxylic acids is 1. The summed E-state index contributed by atoms with van der Waals surface area (Å²) in [5, 5.41) is 13.5. The Morgan fingerprint density at radius 2 is 1.57 bits per heavy atom. The molecule has 3 nitrogen and oxygen atoms in total. The van der Waals surface area contributed by atoms with Crippen LogP contribution in [0.1, 0.15) is 71.1 Å². The molecular formula is C19H28N2OS. The lowest BCUT2D eigenvalue weighted by Gasteiger charge is -2.06. The van der Waals surface area contributed by atoms with Crippen LogP contribution < -0.4 is 5.32 Å². The van der Waals surface area contributed by atoms with Gasteiger partial charge in [0.25, 0.3) is 0 Å². The zero-order chi connectivity index (χ0) is 16.8. The van der Waals surface area contributed by atoms with Crippen molar-refractivity contribution in [2.45, 2.75) is 76.0 Å². The van der Waals surface area contributed by atoms with Crippen molar-refractivity contribution in [3.05, 3.63) is 24.3 Å². The number of nitriles is 1. The molecule has 0 spiro atoms. The van der Waals surface area contributed by atoms with Crippen LogP contribution in [0.2, 0.25) is 0 Å². The van der Waals surface area contributed by atoms with Gasteiger partial charge >= 0.3 is 0 Å². The molecule has 0 aliphatic carbocycles. The van der Waals surface area contributed by atoms with Gasteiger partial charge in [0.2, 0.25) is 5.91 Å². The first-order chi connectivity index (χ1) is 11.3. The van der Waals surface area contributed by atoms with Gasteiger partial charge in [0, 0.05) is 17.0 Å². The van der Waals surface area contributed by atoms with Crippen molar-refractivity contribution in [3.8, 4) is 5.40 Å². The third-order valence-corrected chi connectivity index (χ3v) is 4.41. The van der Waals surface area contributed by atoms with Crippen LogP contribution in [0.5, 0.6) is 0 Å². The Balaban J connectivity index is 2.05. The Labute approximate surface area is 144 Å². The number of nitrogens with zero attached hydrogens (tertiary/aromatic N) is 1. The van der Waals surface area contributed by atoms with Gasteiger partial charge in [0.15, 0.2) is 0 Å². The zero-order valence-corrected chi connectivity index (χ0v) is 15.0. The lowest BCUT2D eigenvalue weighted by atomic mass is 10.1. The van der Waals surface area contributed by atoms with Crippen LogP contribution in [0.25, 0.3) is 0 Å². The Hall–Kier alpha value is -1.47. The second-order valence-corrected chi connectivity index (χ2v) is 6.70. The quantitative estimate of drug-likeness (QED) is 0.285. The molecule has 0 heterocycles. The number of amides is 1. The second kappa shape index (κ2) is 13.0. The van der Waals surface area contributed by atoms with Crippen molar-refractivity contribution in [2.75, 3.05) is 5.32 Å². The van der Waals surface area contributed by atoms with E-state index in [2.05, 4.69) is 12.2 Å². The molecule has 0 aliphatic rings. The predicted octanol–water partition coefficient (Wildman–Crippen LogP) is 6.12. The fraction of sp³-hybridized carbons (Fsp3) is 0.579. The SMILES string of the molecule is CCCCCCCCCCCC(=O)Nc1ccc(SC#N)cc1. The molecule has 1 aromatic carbocycles. The molecule has 0 aliphatic heterocycles. The first-order valence-corrected chi connectivity index (χ1v) is 9.53. The summed E-state index contributed by atoms with van der Waals surface area (Å²) in [5.74, 6) is 0.0774. The van der Waals surface area contributed by atoms with E-state index in [1.54, 1.807) is 0 Å². The van der Waals surface area contributed by atoms with Gasteiger partial charge in [-0.1, -0.05) is 58.3 Å². The van der Waals surface area contributed by atoms with Crippen LogP contribution in [-0.2, 0) is 4.79 Å². The normalized spacial score (nSPS) is 10.3. The van der Waals surface area contributed by atoms with Crippen LogP contribution in [0.15, 0.2) is 29.2 Å². The molecule has 23 heavy (non-hydrogen) atoms. The zero-order valence-electron chi connectivity index (χ0n) is 14.1. The highest BCUT2D eigenvalue weighted by Gasteiger charge is 2.02. The molecule has 0 radical (unpaired) electrons. The Morgan fingerprint density at radius 3 is 2.13 bits per heavy atom. The van der Waals surface area contributed by atoms with Crippen molar-refractivity contribution >= 4 is 23.4 Å². The molecule has 1 rings (SSSR count). The third kappa shape index (κ3) is 10.0. The molecule has 0 aromatic heterocycles. The van der Waals surface area contributed by atoms with Crippen molar-refractivity contribution < 1.29 is 4.79 Å². The van der Waals surface area contributed by atoms with Crippen LogP contribution in [0, 0.1) is 10.7 Å². The van der Waals surface area contributed by atoms with Gasteiger partial charge in [-0.2, -0.15) is 5.26 Å². The number of hydrogen-bond acceptors (Lipinski definition) is 3. The van der Waals surface area contributed by atoms with Crippen molar-refractivity contribution in [1.82, 2.24) is 0 Å². The summed E-state index contributed by atoms with van der Waals surface area (Å²) < 4.78 is 0. The fourth-order valence-electron chi connectivity index (χ4n) is 2.48. The molecule has 0 bridgehead atoms. The van der Waals surface area contributed by atoms with E-state index in [9.17, 15) is 4.79 Å². The number of benzene rings is 1. The molecule has 0 unspecified atom stereocenters. The maximum absolute atomic E-state index is 11.9. The Bertz CT molecular complexity index is 479. The minimum absolute atomic E-state index is 0.0774. The van der Waals surface area contributed by atoms with Crippen LogP contribution in [0.3, 0.4) is 0 Å². The number of thiocyanates is 1. The van der Waals surface area contributed by atoms with E-state index < -0.39 is 0 Å². The van der Waals surface area contributed by atoms with Crippen LogP contribution in [0.4, 0.5) is 5.69 Å². The van der Waals surface area contributed by atoms with Crippen molar-refractivity contribution in [3.63, 3.8) is 0 Å². The first-order valence-electron chi connectivity index (χ1n) is 8.72. The van der Waals surface area contributed by atoms with Gasteiger partial charge in [-0.3, -0.25) is 4.79 Å². The van der Waals surface area contributed by atoms with Gasteiger partial charge < -0.3 is 5.32 Å². The Morgan fingerprint density at radius 1 is 1.00 bits per heavy atom. The van der Waals surface area contributed by atoms with Gasteiger partial charge in [-0.05, 0) is 42.4 Å². The summed E-state index contributed by atoms with van der Waals surface area (Å²) in [6, 6.07) is 7.38. The summed E-state index contributed by atoms with van der Waals surface area (Å²) in [5.41, 5.74) is 0.799. The highest BCUT2D eigenvalue weighted by atomic mass is 32.2. The van der Waals surface area contributed by atoms with E-state index in [4.69, 9.17) is 5.26 Å². The average molecular weight is 333 g/mol. The smallest absolute Gasteiger partial charge is 0.224 e. The highest BCUT2D eigenvalue weighted by molar-refractivity contribution is 8.03. The van der Waals surface area contributed by atoms with Crippen LogP contribution in [-0.4, -0.2) is 5.91 Å². The van der Waals surface area contributed by atoms with Gasteiger partial charge in [0.05, 0.1) is 0 Å². The fourth-order valence-corrected chi connectivity index (χ4v) is 2.86. The molecule has 0 fully saturated rings. The molecule has 4 heteroatoms. The topological polar surface area (TPSA) is 52.9 Å². The molecule has 1 aromatic rings. The van der Waals surface area contributed by atoms with E-state index in [1.807, 2.05) is 29.7 Å². The minimum atomic E-state index is 0.0774. The van der Waals surface area contributed by atoms with Crippen molar-refractivity contribution in [2.24, 2.45) is 0 Å². The second-order valence-electron chi connectivity index (χ2n) is 5.84. The lowest BCUT2D eigenvalue weighted by Crippen LogP contribution is -2.10. The lowest BCUT2D eigenvalue weighted by molar-refractivity contribution is -0.116. The summed E-state index contributed by atoms with van der Waals surface area (Å²) in [4.78, 5) is 12.8. The van der Waals surface area contributed by atoms with E-state index in [0.717, 1.165) is 35.2 Å². The minimum Gasteiger partial charge on any atom is -0.326 e. The van der Waals surface area contributed by atoms with Gasteiger partial charge in [0.1, 0.15) is 5.40 Å². The van der Waals surface area contributed by atoms with Gasteiger partial charge in [-0.25, -0.2) is 0 Å². The van der Waals surface area contributed by atoms with Crippen molar-refractivity contribution in [1.29, 1.82) is 5.26 Å². The summed E-state index contributed by atoms with van der Waals surface area (Å²) in [7, 11) is 0.